The highest BCUT2D eigenvalue weighted by molar-refractivity contribution is 14.1. The third kappa shape index (κ3) is 43.8. The van der Waals surface area contributed by atoms with Crippen LogP contribution in [0.1, 0.15) is 146 Å². The molecular weight excluding hydrogens is 2350 g/mol. The molecule has 0 atom stereocenters. The number of benzene rings is 2. The minimum Gasteiger partial charge on any atom is -0.435 e. The lowest BCUT2D eigenvalue weighted by atomic mass is 9.77. The second kappa shape index (κ2) is 56.0. The second-order valence-electron chi connectivity index (χ2n) is 31.7. The Morgan fingerprint density at radius 1 is 0.493 bits per heavy atom. The van der Waals surface area contributed by atoms with E-state index in [1.165, 1.54) is 149 Å². The molecule has 0 radical (unpaired) electrons. The van der Waals surface area contributed by atoms with Gasteiger partial charge in [0.1, 0.15) is 38.6 Å². The Bertz CT molecular complexity index is 5670. The van der Waals surface area contributed by atoms with Crippen molar-refractivity contribution in [2.45, 2.75) is 221 Å². The van der Waals surface area contributed by atoms with Gasteiger partial charge in [0.05, 0.1) is 92.1 Å². The van der Waals surface area contributed by atoms with E-state index in [0.717, 1.165) is 28.9 Å². The number of aliphatic hydroxyl groups is 1. The zero-order valence-corrected chi connectivity index (χ0v) is 87.7. The first-order valence-corrected chi connectivity index (χ1v) is 45.5. The van der Waals surface area contributed by atoms with Crippen molar-refractivity contribution in [2.75, 3.05) is 17.6 Å². The molecule has 2 saturated heterocycles. The Balaban J connectivity index is 0.000000826. The average Bonchev–Trinajstić information content (AvgIpc) is 1.59. The number of halogens is 34. The molecule has 6 N–H and O–H groups in total. The lowest BCUT2D eigenvalue weighted by Crippen LogP contribution is -2.41. The Labute approximate surface area is 862 Å². The normalized spacial score (nSPS) is 14.0. The van der Waals surface area contributed by atoms with E-state index in [1.807, 2.05) is 48.5 Å². The number of hydrogen-bond donors (Lipinski definition) is 4. The third-order valence-electron chi connectivity index (χ3n) is 19.0. The molecule has 0 saturated carbocycles. The fourth-order valence-electron chi connectivity index (χ4n) is 10.2. The van der Waals surface area contributed by atoms with Crippen molar-refractivity contribution in [3.05, 3.63) is 168 Å². The fourth-order valence-corrected chi connectivity index (χ4v) is 11.4. The smallest absolute Gasteiger partial charge is 0.435 e. The third-order valence-corrected chi connectivity index (χ3v) is 20.9. The van der Waals surface area contributed by atoms with Crippen molar-refractivity contribution < 1.29 is 170 Å². The first kappa shape index (κ1) is 135. The number of anilines is 3. The molecule has 8 aromatic heterocycles. The predicted octanol–water partition coefficient (Wildman–Crippen LogP) is 23.3. The molecule has 2 aromatic carbocycles. The minimum atomic E-state index is -5.63. The van der Waals surface area contributed by atoms with Crippen LogP contribution in [0.4, 0.5) is 140 Å². The van der Waals surface area contributed by atoms with Crippen molar-refractivity contribution in [3.63, 3.8) is 0 Å². The number of Topliss-reactive ketones (excluding diaryl/α,β-unsaturated/α-hetero) is 2. The standard InChI is InChI=1S/C17H14F5N5O.C12H18BF3N2O2.C10H8ClF3N4.C9H19BO3.C7H7F2NO.C6H6F3IN2.C6H7F3N2.C5H5F3O2.C4H2Cl2N2.C3H2F6O.C2H7N.ClI/c1-9-14(15(17(20,21)22)26-27(9)2)12-7-23-8-13(25-12)24-10-3-5-11(6-4-10)28-16(18)19;1-7-8(9(12(14,15)16)17-18(7)6)13-19-10(2,3)11(4,5)20-13;1-5-8(6-3-15-4-7(11)16-6)9(10(12,13)14)17-18(5)2;1-7(2)11-10-12-8(3,4)9(5,6)13-10;8-7(9)11-6-3-1-5(10)2-4-6;1-3-4(10)5(6(7,8)9)11-12(3)2;1-4-3-5(6(7,8)9)10-11(4)2;1-3(9)2-4(10)5(6,7)8;5-3-1-7-2-4(6)8-3;4-2(5,6)1(10)3(7,8)9;1-2-3;1-2/h3-8,16H,1-2H3,(H,24,25);1-6H3;3-4H,1-2H3;7H,1-6H3;1-4,7H,10H2;1-2H3;3H,1-2H3;2H2,1H3;1-2H;1,10H;2-3H2,1H3;. The number of nitrogens with one attached hydrogen (secondary N) is 1. The predicted molar refractivity (Wildman–Crippen MR) is 498 cm³/mol. The topological polar surface area (TPSA) is 349 Å². The zero-order valence-electron chi connectivity index (χ0n) is 80.3. The van der Waals surface area contributed by atoms with Gasteiger partial charge < -0.3 is 54.6 Å². The number of aromatic nitrogens is 16. The molecule has 10 aromatic rings. The van der Waals surface area contributed by atoms with E-state index in [9.17, 15) is 133 Å². The van der Waals surface area contributed by atoms with Crippen LogP contribution in [0.15, 0.2) is 91.8 Å². The Morgan fingerprint density at radius 3 is 1.12 bits per heavy atom. The van der Waals surface area contributed by atoms with Crippen molar-refractivity contribution in [1.29, 1.82) is 0 Å². The molecule has 2 aliphatic heterocycles. The van der Waals surface area contributed by atoms with Gasteiger partial charge >= 0.3 is 77.1 Å². The van der Waals surface area contributed by atoms with Crippen LogP contribution in [0.25, 0.3) is 22.5 Å². The SMILES string of the molecule is CC(=O)CC(=O)C(F)(F)F.CC(C)OB1OC(C)(C)C(C)(C)O1.CCN.Cc1c(-c2cncc(Cl)n2)c(C(F)(F)F)nn1C.Cc1c(-c2cncc(Nc3ccc(OC(F)F)cc3)n2)c(C(F)(F)F)nn1C.Cc1c(B2OC(C)(C)C(C)(C)O2)c(C(F)(F)F)nn1C.Cc1c(I)c(C(F)(F)F)nn1C.Cc1cc(C(F)(F)F)nn1C.ClI.Clc1cncc(Cl)n1.Nc1ccc(OC(F)F)cc1.OC(C(F)(F)F)C(F)(F)F. The number of ketones is 2. The maximum Gasteiger partial charge on any atom is 0.640 e. The average molecular weight is 2440 g/mol. The van der Waals surface area contributed by atoms with Crippen molar-refractivity contribution in [3.8, 4) is 34.0 Å². The monoisotopic (exact) mass is 2440 g/mol. The van der Waals surface area contributed by atoms with Crippen molar-refractivity contribution >= 4 is 136 Å². The molecule has 10 heterocycles. The Morgan fingerprint density at radius 2 is 0.836 bits per heavy atom. The molecule has 0 unspecified atom stereocenters. The largest absolute Gasteiger partial charge is 0.640 e. The molecule has 65 heteroatoms. The first-order valence-electron chi connectivity index (χ1n) is 40.5. The second-order valence-corrected chi connectivity index (χ2v) is 33.9. The maximum absolute atomic E-state index is 13.3. The van der Waals surface area contributed by atoms with Gasteiger partial charge in [-0.15, -0.1) is 0 Å². The van der Waals surface area contributed by atoms with Crippen molar-refractivity contribution in [1.82, 2.24) is 78.8 Å². The summed E-state index contributed by atoms with van der Waals surface area (Å²) in [6.07, 6.45) is -35.8. The van der Waals surface area contributed by atoms with E-state index in [0.29, 0.717) is 44.5 Å². The number of carbonyl (C=O) groups excluding carboxylic acids is 2. The number of alkyl halides is 28. The summed E-state index contributed by atoms with van der Waals surface area (Å²) in [7, 11) is 10.3. The minimum absolute atomic E-state index is 0.000536. The summed E-state index contributed by atoms with van der Waals surface area (Å²) in [5.74, 6) is -2.49. The van der Waals surface area contributed by atoms with Gasteiger partial charge in [0, 0.05) is 108 Å². The van der Waals surface area contributed by atoms with Gasteiger partial charge in [-0.1, -0.05) is 41.7 Å². The van der Waals surface area contributed by atoms with Crippen LogP contribution < -0.4 is 31.7 Å². The number of carbonyl (C=O) groups is 2. The van der Waals surface area contributed by atoms with E-state index >= 15 is 0 Å². The summed E-state index contributed by atoms with van der Waals surface area (Å²) >= 11 is 19.7. The lowest BCUT2D eigenvalue weighted by Gasteiger charge is -2.32. The van der Waals surface area contributed by atoms with Gasteiger partial charge in [-0.05, 0) is 203 Å². The van der Waals surface area contributed by atoms with Crippen LogP contribution in [0, 0.1) is 38.2 Å². The van der Waals surface area contributed by atoms with Gasteiger partial charge in [-0.3, -0.25) is 48.0 Å². The van der Waals surface area contributed by atoms with E-state index < -0.39 is 141 Å². The molecule has 2 aliphatic rings. The number of ether oxygens (including phenoxy) is 2. The van der Waals surface area contributed by atoms with E-state index in [2.05, 4.69) is 79.1 Å². The van der Waals surface area contributed by atoms with Gasteiger partial charge in [0.25, 0.3) is 0 Å². The highest BCUT2D eigenvalue weighted by atomic mass is 127. The number of rotatable bonds is 13. The van der Waals surface area contributed by atoms with Crippen LogP contribution in [0.3, 0.4) is 0 Å². The number of aryl methyl sites for hydroxylation is 6. The molecule has 0 aliphatic carbocycles. The van der Waals surface area contributed by atoms with E-state index in [4.69, 9.17) is 74.6 Å². The summed E-state index contributed by atoms with van der Waals surface area (Å²) < 4.78 is 380. The number of aliphatic hydroxyl groups excluding tert-OH is 1. The summed E-state index contributed by atoms with van der Waals surface area (Å²) in [4.78, 5) is 42.9. The van der Waals surface area contributed by atoms with Crippen LogP contribution in [-0.4, -0.2) is 183 Å². The molecule has 0 amide bonds. The molecule has 2 fully saturated rings. The number of nitrogens with two attached hydrogens (primary N) is 2. The van der Waals surface area contributed by atoms with E-state index in [1.54, 1.807) is 92.5 Å². The number of hydrogen-bond acceptors (Lipinski definition) is 24. The summed E-state index contributed by atoms with van der Waals surface area (Å²) in [6, 6.07) is 12.3. The first-order chi connectivity index (χ1) is 66.2. The van der Waals surface area contributed by atoms with Crippen LogP contribution in [0.2, 0.25) is 15.5 Å². The van der Waals surface area contributed by atoms with Crippen LogP contribution in [0.5, 0.6) is 11.5 Å². The highest BCUT2D eigenvalue weighted by Gasteiger charge is 2.58. The molecule has 12 rings (SSSR count). The van der Waals surface area contributed by atoms with Crippen molar-refractivity contribution in [2.24, 2.45) is 41.0 Å². The molecule has 146 heavy (non-hydrogen) atoms. The molecule has 29 nitrogen and oxygen atoms in total. The quantitative estimate of drug-likeness (QED) is 0.0274. The van der Waals surface area contributed by atoms with Gasteiger partial charge in [0.2, 0.25) is 11.9 Å². The number of nitrogens with zero attached hydrogens (tertiary/aromatic N) is 16. The molecule has 818 valence electrons. The fraction of sp³-hybridized carbons (Fsp3) is 0.494. The van der Waals surface area contributed by atoms with Gasteiger partial charge in [-0.2, -0.15) is 148 Å². The van der Waals surface area contributed by atoms with Crippen LogP contribution in [-0.2, 0) is 99.0 Å². The van der Waals surface area contributed by atoms with E-state index in [-0.39, 0.29) is 77.0 Å². The maximum atomic E-state index is 13.3. The van der Waals surface area contributed by atoms with Gasteiger partial charge in [-0.25, -0.2) is 15.0 Å². The Kier molecular flexibility index (Phi) is 51.7. The molecular formula is C81H95B2Cl4F28I2N19O10. The number of nitrogen functional groups attached to an aromatic ring is 1. The van der Waals surface area contributed by atoms with Crippen LogP contribution >= 0.6 is 87.8 Å². The Hall–Kier alpha value is -9.22. The lowest BCUT2D eigenvalue weighted by molar-refractivity contribution is -0.308. The zero-order chi connectivity index (χ0) is 114. The molecule has 0 spiro atoms. The molecule has 0 bridgehead atoms. The van der Waals surface area contributed by atoms with Gasteiger partial charge in [0.15, 0.2) is 28.5 Å². The summed E-state index contributed by atoms with van der Waals surface area (Å²) in [5, 5.41) is 28.2. The summed E-state index contributed by atoms with van der Waals surface area (Å²) in [6.45, 7) is 24.8. The highest BCUT2D eigenvalue weighted by Crippen LogP contribution is 2.44. The summed E-state index contributed by atoms with van der Waals surface area (Å²) in [5.41, 5.74) is 6.34.